The fraction of sp³-hybridized carbons (Fsp3) is 0.286. The van der Waals surface area contributed by atoms with Crippen LogP contribution in [0.4, 0.5) is 26.3 Å². The van der Waals surface area contributed by atoms with E-state index in [9.17, 15) is 26.3 Å². The van der Waals surface area contributed by atoms with Crippen LogP contribution in [0.1, 0.15) is 0 Å². The molecule has 0 unspecified atom stereocenters. The molecule has 0 aromatic carbocycles. The van der Waals surface area contributed by atoms with Crippen LogP contribution in [0.15, 0.2) is 48.8 Å². The third-order valence-corrected chi connectivity index (χ3v) is 3.29. The number of aromatic nitrogens is 2. The molecule has 176 valence electrons. The van der Waals surface area contributed by atoms with Crippen molar-refractivity contribution in [1.82, 2.24) is 9.97 Å². The monoisotopic (exact) mass is 558 g/mol. The van der Waals surface area contributed by atoms with Crippen LogP contribution in [-0.2, 0) is 20.2 Å². The van der Waals surface area contributed by atoms with Gasteiger partial charge in [-0.3, -0.25) is 9.97 Å². The molecule has 31 heavy (non-hydrogen) atoms. The Morgan fingerprint density at radius 3 is 1.06 bits per heavy atom. The molecule has 2 heterocycles. The summed E-state index contributed by atoms with van der Waals surface area (Å²) in [5, 5.41) is 0. The summed E-state index contributed by atoms with van der Waals surface area (Å²) < 4.78 is 118. The van der Waals surface area contributed by atoms with Crippen molar-refractivity contribution in [2.45, 2.75) is 22.5 Å². The van der Waals surface area contributed by atoms with Crippen LogP contribution in [0.2, 0.25) is 11.5 Å². The summed E-state index contributed by atoms with van der Waals surface area (Å²) in [6.45, 7) is 0. The van der Waals surface area contributed by atoms with Gasteiger partial charge in [-0.1, -0.05) is 12.1 Å². The van der Waals surface area contributed by atoms with Gasteiger partial charge in [0, 0.05) is 12.4 Å². The van der Waals surface area contributed by atoms with Crippen molar-refractivity contribution in [1.29, 1.82) is 0 Å². The Kier molecular flexibility index (Phi) is 13.8. The molecule has 0 aliphatic rings. The van der Waals surface area contributed by atoms with Gasteiger partial charge in [-0.25, -0.2) is 16.8 Å². The van der Waals surface area contributed by atoms with Gasteiger partial charge in [-0.2, -0.15) is 26.3 Å². The first-order valence-corrected chi connectivity index (χ1v) is 14.3. The normalized spacial score (nSPS) is 11.5. The third kappa shape index (κ3) is 14.8. The van der Waals surface area contributed by atoms with Gasteiger partial charge in [0.15, 0.2) is 20.2 Å². The average Bonchev–Trinajstić information content (AvgIpc) is 2.62. The van der Waals surface area contributed by atoms with Crippen LogP contribution in [0.3, 0.4) is 0 Å². The summed E-state index contributed by atoms with van der Waals surface area (Å²) in [4.78, 5) is 8.37. The summed E-state index contributed by atoms with van der Waals surface area (Å²) in [5.41, 5.74) is -9.46. The summed E-state index contributed by atoms with van der Waals surface area (Å²) in [7, 11) is -12.2. The maximum absolute atomic E-state index is 10.7. The zero-order valence-electron chi connectivity index (χ0n) is 15.5. The topological polar surface area (TPSA) is 140 Å². The second-order valence-corrected chi connectivity index (χ2v) is 9.57. The Labute approximate surface area is 180 Å². The van der Waals surface area contributed by atoms with Crippen molar-refractivity contribution in [2.24, 2.45) is 0 Å². The van der Waals surface area contributed by atoms with E-state index < -0.39 is 31.3 Å². The van der Waals surface area contributed by atoms with Gasteiger partial charge in [0.25, 0.3) is 0 Å². The molecule has 0 amide bonds. The van der Waals surface area contributed by atoms with Crippen molar-refractivity contribution >= 4 is 35.7 Å². The summed E-state index contributed by atoms with van der Waals surface area (Å²) in [5.74, 6) is 4.50. The molecule has 0 atom stereocenters. The Bertz CT molecular complexity index is 877. The number of nitrogens with zero attached hydrogens (tertiary/aromatic N) is 2. The molecule has 0 N–H and O–H groups in total. The Balaban J connectivity index is 0. The van der Waals surface area contributed by atoms with E-state index >= 15 is 0 Å². The minimum atomic E-state index is -6.09. The first-order valence-electron chi connectivity index (χ1n) is 7.33. The maximum Gasteiger partial charge on any atom is 0.0886 e. The molecule has 17 heteroatoms. The SMILES string of the molecule is O=S(=O)([O-])C(F)(F)F.O=S(=O)([O-])C(F)(F)F.[CH3][Ge][CH3].c1ccc(-c2ccccn2)nc1. The van der Waals surface area contributed by atoms with E-state index in [0.29, 0.717) is 15.4 Å². The second-order valence-electron chi connectivity index (χ2n) is 4.73. The molecule has 0 saturated heterocycles. The van der Waals surface area contributed by atoms with E-state index in [1.165, 1.54) is 0 Å². The van der Waals surface area contributed by atoms with Gasteiger partial charge in [0.1, 0.15) is 0 Å². The number of hydrogen-bond acceptors (Lipinski definition) is 8. The molecule has 0 saturated carbocycles. The molecule has 0 aliphatic heterocycles. The molecule has 2 rings (SSSR count). The Morgan fingerprint density at radius 2 is 0.935 bits per heavy atom. The van der Waals surface area contributed by atoms with Gasteiger partial charge < -0.3 is 9.11 Å². The quantitative estimate of drug-likeness (QED) is 0.226. The van der Waals surface area contributed by atoms with E-state index in [1.54, 1.807) is 12.4 Å². The second kappa shape index (κ2) is 13.6. The molecule has 0 aliphatic carbocycles. The van der Waals surface area contributed by atoms with E-state index in [1.807, 2.05) is 36.4 Å². The van der Waals surface area contributed by atoms with Crippen LogP contribution >= 0.6 is 0 Å². The Hall–Kier alpha value is -1.76. The Morgan fingerprint density at radius 1 is 0.710 bits per heavy atom. The van der Waals surface area contributed by atoms with Crippen LogP contribution in [-0.4, -0.2) is 62.4 Å². The molecule has 2 aromatic rings. The number of alkyl halides is 6. The summed E-state index contributed by atoms with van der Waals surface area (Å²) in [6, 6.07) is 11.6. The fourth-order valence-corrected chi connectivity index (χ4v) is 1.03. The van der Waals surface area contributed by atoms with Gasteiger partial charge >= 0.3 is 38.0 Å². The molecule has 0 fully saturated rings. The van der Waals surface area contributed by atoms with Gasteiger partial charge in [0.2, 0.25) is 0 Å². The van der Waals surface area contributed by atoms with Crippen molar-refractivity contribution in [3.05, 3.63) is 48.8 Å². The molecule has 2 radical (unpaired) electrons. The van der Waals surface area contributed by atoms with E-state index in [-0.39, 0.29) is 0 Å². The largest absolute Gasteiger partial charge is 0.255 e. The third-order valence-electron chi connectivity index (χ3n) is 2.16. The predicted molar refractivity (Wildman–Crippen MR) is 96.5 cm³/mol. The molecule has 0 spiro atoms. The number of rotatable bonds is 1. The maximum atomic E-state index is 10.7. The fourth-order valence-electron chi connectivity index (χ4n) is 1.03. The zero-order chi connectivity index (χ0) is 24.9. The average molecular weight is 557 g/mol. The van der Waals surface area contributed by atoms with Crippen LogP contribution < -0.4 is 0 Å². The van der Waals surface area contributed by atoms with Gasteiger partial charge in [-0.15, -0.1) is 0 Å². The molecular weight excluding hydrogens is 543 g/mol. The summed E-state index contributed by atoms with van der Waals surface area (Å²) in [6.07, 6.45) is 3.54. The number of pyridine rings is 2. The van der Waals surface area contributed by atoms with Gasteiger partial charge in [-0.05, 0) is 24.3 Å². The first kappa shape index (κ1) is 31.4. The van der Waals surface area contributed by atoms with Crippen molar-refractivity contribution in [3.8, 4) is 11.4 Å². The zero-order valence-corrected chi connectivity index (χ0v) is 19.3. The first-order chi connectivity index (χ1) is 13.9. The van der Waals surface area contributed by atoms with E-state index in [4.69, 9.17) is 25.9 Å². The number of halogens is 6. The smallest absolute Gasteiger partial charge is 0.0886 e. The van der Waals surface area contributed by atoms with Crippen LogP contribution in [0, 0.1) is 0 Å². The molecule has 0 bridgehead atoms. The molecular formula is C14H14F6GeN2O6S2-2. The van der Waals surface area contributed by atoms with E-state index in [2.05, 4.69) is 21.5 Å². The number of hydrogen-bond donors (Lipinski definition) is 0. The van der Waals surface area contributed by atoms with Crippen LogP contribution in [0.25, 0.3) is 11.4 Å². The minimum absolute atomic E-state index is 0.500. The minimum Gasteiger partial charge on any atom is -0.255 e. The van der Waals surface area contributed by atoms with Crippen molar-refractivity contribution < 1.29 is 52.3 Å². The van der Waals surface area contributed by atoms with Crippen molar-refractivity contribution in [3.63, 3.8) is 0 Å². The summed E-state index contributed by atoms with van der Waals surface area (Å²) >= 11 is 0.500. The molecule has 8 nitrogen and oxygen atoms in total. The standard InChI is InChI=1S/C10H8N2.C2H6Ge.2CHF3O3S/c1-3-7-11-9(5-1)10-6-2-4-8-12-10;1-3-2;2*2-1(3,4)8(5,6)7/h1-8H;1-2H3;2*(H,5,6,7)/p-2. The van der Waals surface area contributed by atoms with Gasteiger partial charge in [0.05, 0.1) is 11.4 Å². The van der Waals surface area contributed by atoms with E-state index in [0.717, 1.165) is 11.4 Å². The van der Waals surface area contributed by atoms with Crippen molar-refractivity contribution in [2.75, 3.05) is 0 Å². The molecule has 2 aromatic heterocycles. The van der Waals surface area contributed by atoms with Crippen LogP contribution in [0.5, 0.6) is 0 Å². The predicted octanol–water partition coefficient (Wildman–Crippen LogP) is 3.03.